The number of ether oxygens (including phenoxy) is 2. The predicted octanol–water partition coefficient (Wildman–Crippen LogP) is 10.4. The maximum atomic E-state index is 12.0. The average Bonchev–Trinajstić information content (AvgIpc) is 3.73. The number of carbonyl (C=O) groups excluding carboxylic acids is 2. The number of carbonyl (C=O) groups is 2. The fraction of sp³-hybridized carbons (Fsp3) is 0.765. The van der Waals surface area contributed by atoms with E-state index in [2.05, 4.69) is 37.7 Å². The predicted molar refractivity (Wildman–Crippen MR) is 171 cm³/mol. The summed E-state index contributed by atoms with van der Waals surface area (Å²) in [5.74, 6) is 0. The van der Waals surface area contributed by atoms with Crippen molar-refractivity contribution in [1.29, 1.82) is 0 Å². The molecule has 0 saturated heterocycles. The van der Waals surface area contributed by atoms with Crippen LogP contribution in [0.5, 0.6) is 0 Å². The van der Waals surface area contributed by atoms with E-state index in [1.165, 1.54) is 98.8 Å². The highest BCUT2D eigenvalue weighted by Crippen LogP contribution is 2.17. The number of hydrogen-bond donors (Lipinski definition) is 0. The van der Waals surface area contributed by atoms with Gasteiger partial charge < -0.3 is 9.47 Å². The van der Waals surface area contributed by atoms with Gasteiger partial charge >= 0.3 is 12.2 Å². The van der Waals surface area contributed by atoms with Crippen LogP contribution < -0.4 is 0 Å². The van der Waals surface area contributed by atoms with Crippen molar-refractivity contribution in [3.8, 4) is 0 Å². The molecule has 2 aromatic heterocycles. The molecule has 42 heavy (non-hydrogen) atoms. The van der Waals surface area contributed by atoms with Crippen molar-refractivity contribution >= 4 is 12.2 Å². The van der Waals surface area contributed by atoms with Crippen LogP contribution in [-0.4, -0.2) is 43.5 Å². The molecule has 2 heterocycles. The molecule has 8 nitrogen and oxygen atoms in total. The van der Waals surface area contributed by atoms with Crippen LogP contribution in [0, 0.1) is 0 Å². The molecule has 0 fully saturated rings. The molecule has 0 aliphatic heterocycles. The number of hydrogen-bond acceptors (Lipinski definition) is 6. The van der Waals surface area contributed by atoms with Gasteiger partial charge in [-0.1, -0.05) is 105 Å². The van der Waals surface area contributed by atoms with Gasteiger partial charge in [0, 0.05) is 24.8 Å². The van der Waals surface area contributed by atoms with Crippen molar-refractivity contribution < 1.29 is 19.1 Å². The van der Waals surface area contributed by atoms with Gasteiger partial charge in [-0.2, -0.15) is 0 Å². The molecule has 240 valence electrons. The summed E-state index contributed by atoms with van der Waals surface area (Å²) in [7, 11) is 0. The van der Waals surface area contributed by atoms with E-state index >= 15 is 0 Å². The fourth-order valence-corrected chi connectivity index (χ4v) is 4.86. The molecule has 0 unspecified atom stereocenters. The molecule has 0 aliphatic rings. The van der Waals surface area contributed by atoms with Crippen molar-refractivity contribution in [3.63, 3.8) is 0 Å². The third-order valence-electron chi connectivity index (χ3n) is 7.48. The molecular weight excluding hydrogens is 528 g/mol. The lowest BCUT2D eigenvalue weighted by Gasteiger charge is -2.18. The Balaban J connectivity index is 0.000000420. The van der Waals surface area contributed by atoms with Crippen molar-refractivity contribution in [2.24, 2.45) is 0 Å². The summed E-state index contributed by atoms with van der Waals surface area (Å²) < 4.78 is 14.1. The van der Waals surface area contributed by atoms with Gasteiger partial charge in [-0.05, 0) is 51.4 Å². The minimum atomic E-state index is -0.302. The van der Waals surface area contributed by atoms with Crippen LogP contribution in [0.1, 0.15) is 156 Å². The van der Waals surface area contributed by atoms with E-state index in [1.807, 2.05) is 0 Å². The third-order valence-corrected chi connectivity index (χ3v) is 7.48. The van der Waals surface area contributed by atoms with Gasteiger partial charge in [-0.3, -0.25) is 0 Å². The Morgan fingerprint density at radius 3 is 1.07 bits per heavy atom. The summed E-state index contributed by atoms with van der Waals surface area (Å²) in [6.45, 7) is 8.84. The molecule has 0 amide bonds. The molecule has 0 N–H and O–H groups in total. The highest BCUT2D eigenvalue weighted by atomic mass is 16.6. The smallest absolute Gasteiger partial charge is 0.419 e. The number of imidazole rings is 2. The van der Waals surface area contributed by atoms with Crippen molar-refractivity contribution in [1.82, 2.24) is 19.1 Å². The van der Waals surface area contributed by atoms with Gasteiger partial charge in [-0.15, -0.1) is 0 Å². The summed E-state index contributed by atoms with van der Waals surface area (Å²) in [5, 5.41) is 0. The average molecular weight is 589 g/mol. The van der Waals surface area contributed by atoms with Crippen LogP contribution >= 0.6 is 0 Å². The van der Waals surface area contributed by atoms with Crippen LogP contribution in [-0.2, 0) is 9.47 Å². The summed E-state index contributed by atoms with van der Waals surface area (Å²) in [4.78, 5) is 31.8. The fourth-order valence-electron chi connectivity index (χ4n) is 4.86. The Morgan fingerprint density at radius 1 is 0.524 bits per heavy atom. The van der Waals surface area contributed by atoms with Crippen LogP contribution in [0.2, 0.25) is 0 Å². The minimum Gasteiger partial charge on any atom is -0.446 e. The summed E-state index contributed by atoms with van der Waals surface area (Å²) in [5.41, 5.74) is 0. The standard InChI is InChI=1S/2C17H30N2O2/c2*1-3-5-7-9-11-16(12-10-8-6-4-2)21-17(20)19-14-13-18-15-19/h2*13-16H,3-12H2,1-2H3. The second kappa shape index (κ2) is 26.0. The largest absolute Gasteiger partial charge is 0.446 e. The molecule has 0 spiro atoms. The van der Waals surface area contributed by atoms with Crippen molar-refractivity contribution in [2.45, 2.75) is 168 Å². The molecule has 0 aliphatic carbocycles. The zero-order valence-corrected chi connectivity index (χ0v) is 27.2. The van der Waals surface area contributed by atoms with E-state index in [0.717, 1.165) is 51.4 Å². The van der Waals surface area contributed by atoms with Crippen LogP contribution in [0.4, 0.5) is 9.59 Å². The lowest BCUT2D eigenvalue weighted by atomic mass is 10.0. The molecule has 0 aromatic carbocycles. The first-order valence-electron chi connectivity index (χ1n) is 16.9. The molecule has 0 radical (unpaired) electrons. The molecule has 8 heteroatoms. The summed E-state index contributed by atoms with van der Waals surface area (Å²) >= 11 is 0. The van der Waals surface area contributed by atoms with E-state index in [4.69, 9.17) is 9.47 Å². The normalized spacial score (nSPS) is 11.0. The third kappa shape index (κ3) is 18.7. The first-order chi connectivity index (χ1) is 20.5. The highest BCUT2D eigenvalue weighted by Gasteiger charge is 2.16. The summed E-state index contributed by atoms with van der Waals surface area (Å²) in [6.07, 6.45) is 32.3. The molecule has 0 bridgehead atoms. The number of unbranched alkanes of at least 4 members (excludes halogenated alkanes) is 12. The van der Waals surface area contributed by atoms with Crippen LogP contribution in [0.15, 0.2) is 37.4 Å². The Morgan fingerprint density at radius 2 is 0.833 bits per heavy atom. The maximum Gasteiger partial charge on any atom is 0.419 e. The quantitative estimate of drug-likeness (QED) is 0.127. The van der Waals surface area contributed by atoms with E-state index in [-0.39, 0.29) is 24.4 Å². The maximum absolute atomic E-state index is 12.0. The van der Waals surface area contributed by atoms with Crippen molar-refractivity contribution in [3.05, 3.63) is 37.4 Å². The lowest BCUT2D eigenvalue weighted by molar-refractivity contribution is 0.0845. The van der Waals surface area contributed by atoms with E-state index < -0.39 is 0 Å². The van der Waals surface area contributed by atoms with Gasteiger partial charge in [-0.25, -0.2) is 28.7 Å². The van der Waals surface area contributed by atoms with Crippen LogP contribution in [0.25, 0.3) is 0 Å². The zero-order chi connectivity index (χ0) is 30.7. The van der Waals surface area contributed by atoms with E-state index in [9.17, 15) is 9.59 Å². The number of nitrogens with zero attached hydrogens (tertiary/aromatic N) is 4. The highest BCUT2D eigenvalue weighted by molar-refractivity contribution is 5.70. The Hall–Kier alpha value is -2.64. The first-order valence-corrected chi connectivity index (χ1v) is 16.9. The lowest BCUT2D eigenvalue weighted by Crippen LogP contribution is -2.21. The topological polar surface area (TPSA) is 88.2 Å². The molecule has 0 saturated carbocycles. The second-order valence-corrected chi connectivity index (χ2v) is 11.3. The SMILES string of the molecule is CCCCCCC(CCCCCC)OC(=O)n1ccnc1.CCCCCCC(CCCCCC)OC(=O)n1ccnc1. The summed E-state index contributed by atoms with van der Waals surface area (Å²) in [6, 6.07) is 0. The van der Waals surface area contributed by atoms with Crippen molar-refractivity contribution in [2.75, 3.05) is 0 Å². The molecule has 2 aromatic rings. The number of aromatic nitrogens is 4. The van der Waals surface area contributed by atoms with Gasteiger partial charge in [0.25, 0.3) is 0 Å². The molecule has 2 rings (SSSR count). The Bertz CT molecular complexity index is 774. The van der Waals surface area contributed by atoms with Gasteiger partial charge in [0.2, 0.25) is 0 Å². The Labute approximate surface area is 256 Å². The van der Waals surface area contributed by atoms with Crippen LogP contribution in [0.3, 0.4) is 0 Å². The first kappa shape index (κ1) is 37.4. The van der Waals surface area contributed by atoms with Gasteiger partial charge in [0.05, 0.1) is 0 Å². The second-order valence-electron chi connectivity index (χ2n) is 11.3. The van der Waals surface area contributed by atoms with E-state index in [0.29, 0.717) is 0 Å². The minimum absolute atomic E-state index is 0.0496. The molecular formula is C34H60N4O4. The number of rotatable bonds is 22. The Kier molecular flexibility index (Phi) is 23.2. The monoisotopic (exact) mass is 588 g/mol. The zero-order valence-electron chi connectivity index (χ0n) is 27.2. The van der Waals surface area contributed by atoms with Gasteiger partial charge in [0.1, 0.15) is 24.9 Å². The van der Waals surface area contributed by atoms with Gasteiger partial charge in [0.15, 0.2) is 0 Å². The van der Waals surface area contributed by atoms with E-state index in [1.54, 1.807) is 24.8 Å². The molecule has 0 atom stereocenters.